The van der Waals surface area contributed by atoms with Crippen LogP contribution in [-0.4, -0.2) is 29.3 Å². The molecule has 2 unspecified atom stereocenters. The molecule has 142 valence electrons. The summed E-state index contributed by atoms with van der Waals surface area (Å²) in [7, 11) is 0. The van der Waals surface area contributed by atoms with Crippen molar-refractivity contribution in [3.8, 4) is 0 Å². The Morgan fingerprint density at radius 3 is 2.74 bits per heavy atom. The SMILES string of the molecule is CC(NC(=O)CN1C(=O)NC(C)(c2cc(F)ccc2F)C1=O)c1cccs1. The summed E-state index contributed by atoms with van der Waals surface area (Å²) < 4.78 is 27.6. The van der Waals surface area contributed by atoms with E-state index >= 15 is 0 Å². The van der Waals surface area contributed by atoms with Crippen LogP contribution >= 0.6 is 11.3 Å². The molecule has 6 nitrogen and oxygen atoms in total. The molecule has 27 heavy (non-hydrogen) atoms. The highest BCUT2D eigenvalue weighted by molar-refractivity contribution is 7.10. The molecule has 1 aromatic carbocycles. The van der Waals surface area contributed by atoms with Gasteiger partial charge < -0.3 is 10.6 Å². The van der Waals surface area contributed by atoms with Crippen LogP contribution in [0.4, 0.5) is 13.6 Å². The minimum Gasteiger partial charge on any atom is -0.347 e. The second kappa shape index (κ2) is 7.07. The fraction of sp³-hybridized carbons (Fsp3) is 0.278. The summed E-state index contributed by atoms with van der Waals surface area (Å²) in [4.78, 5) is 38.8. The molecule has 9 heteroatoms. The van der Waals surface area contributed by atoms with Crippen LogP contribution in [0.15, 0.2) is 35.7 Å². The lowest BCUT2D eigenvalue weighted by Gasteiger charge is -2.23. The number of carbonyl (C=O) groups is 3. The van der Waals surface area contributed by atoms with Crippen molar-refractivity contribution in [1.82, 2.24) is 15.5 Å². The van der Waals surface area contributed by atoms with Crippen molar-refractivity contribution in [3.05, 3.63) is 57.8 Å². The molecule has 0 aliphatic carbocycles. The molecular weight excluding hydrogens is 376 g/mol. The Labute approximate surface area is 158 Å². The first-order chi connectivity index (χ1) is 12.7. The fourth-order valence-corrected chi connectivity index (χ4v) is 3.68. The first kappa shape index (κ1) is 19.0. The van der Waals surface area contributed by atoms with E-state index < -0.39 is 41.6 Å². The summed E-state index contributed by atoms with van der Waals surface area (Å²) in [5.74, 6) is -2.93. The molecule has 1 aliphatic heterocycles. The first-order valence-corrected chi connectivity index (χ1v) is 9.02. The summed E-state index contributed by atoms with van der Waals surface area (Å²) in [6, 6.07) is 5.23. The minimum absolute atomic E-state index is 0.287. The Kier molecular flexibility index (Phi) is 4.97. The van der Waals surface area contributed by atoms with Crippen LogP contribution in [0.2, 0.25) is 0 Å². The van der Waals surface area contributed by atoms with Crippen molar-refractivity contribution in [3.63, 3.8) is 0 Å². The van der Waals surface area contributed by atoms with E-state index in [-0.39, 0.29) is 11.6 Å². The number of carbonyl (C=O) groups excluding carboxylic acids is 3. The van der Waals surface area contributed by atoms with Gasteiger partial charge in [-0.1, -0.05) is 6.07 Å². The molecule has 0 radical (unpaired) electrons. The fourth-order valence-electron chi connectivity index (χ4n) is 2.94. The standard InChI is InChI=1S/C18H17F2N3O3S/c1-10(14-4-3-7-27-14)21-15(24)9-23-16(25)18(2,22-17(23)26)12-8-11(19)5-6-13(12)20/h3-8,10H,9H2,1-2H3,(H,21,24)(H,22,26). The second-order valence-electron chi connectivity index (χ2n) is 6.38. The topological polar surface area (TPSA) is 78.5 Å². The monoisotopic (exact) mass is 393 g/mol. The van der Waals surface area contributed by atoms with Crippen molar-refractivity contribution < 1.29 is 23.2 Å². The van der Waals surface area contributed by atoms with Gasteiger partial charge in [-0.3, -0.25) is 14.5 Å². The van der Waals surface area contributed by atoms with Crippen molar-refractivity contribution in [1.29, 1.82) is 0 Å². The molecule has 4 amide bonds. The van der Waals surface area contributed by atoms with E-state index in [1.807, 2.05) is 17.5 Å². The van der Waals surface area contributed by atoms with Crippen LogP contribution in [0.1, 0.15) is 30.3 Å². The smallest absolute Gasteiger partial charge is 0.325 e. The molecule has 1 aromatic heterocycles. The van der Waals surface area contributed by atoms with Gasteiger partial charge in [0.2, 0.25) is 5.91 Å². The number of rotatable bonds is 5. The van der Waals surface area contributed by atoms with Gasteiger partial charge in [0.1, 0.15) is 23.7 Å². The predicted octanol–water partition coefficient (Wildman–Crippen LogP) is 2.67. The average Bonchev–Trinajstić information content (AvgIpc) is 3.21. The zero-order chi connectivity index (χ0) is 19.8. The van der Waals surface area contributed by atoms with Gasteiger partial charge in [-0.05, 0) is 43.5 Å². The number of nitrogens with zero attached hydrogens (tertiary/aromatic N) is 1. The van der Waals surface area contributed by atoms with Gasteiger partial charge >= 0.3 is 6.03 Å². The molecule has 2 atom stereocenters. The maximum absolute atomic E-state index is 14.1. The van der Waals surface area contributed by atoms with Gasteiger partial charge in [-0.15, -0.1) is 11.3 Å². The summed E-state index contributed by atoms with van der Waals surface area (Å²) in [5, 5.41) is 6.92. The summed E-state index contributed by atoms with van der Waals surface area (Å²) >= 11 is 1.47. The Hall–Kier alpha value is -2.81. The third kappa shape index (κ3) is 3.55. The van der Waals surface area contributed by atoms with Gasteiger partial charge in [-0.25, -0.2) is 13.6 Å². The van der Waals surface area contributed by atoms with Crippen LogP contribution in [0.3, 0.4) is 0 Å². The molecule has 0 spiro atoms. The first-order valence-electron chi connectivity index (χ1n) is 8.15. The van der Waals surface area contributed by atoms with E-state index in [2.05, 4.69) is 10.6 Å². The van der Waals surface area contributed by atoms with Gasteiger partial charge in [0.15, 0.2) is 0 Å². The van der Waals surface area contributed by atoms with Crippen LogP contribution < -0.4 is 10.6 Å². The lowest BCUT2D eigenvalue weighted by Crippen LogP contribution is -2.44. The Morgan fingerprint density at radius 2 is 2.07 bits per heavy atom. The number of benzene rings is 1. The van der Waals surface area contributed by atoms with E-state index in [0.717, 1.165) is 23.1 Å². The second-order valence-corrected chi connectivity index (χ2v) is 7.35. The average molecular weight is 393 g/mol. The third-order valence-electron chi connectivity index (χ3n) is 4.39. The molecule has 0 saturated carbocycles. The molecule has 1 fully saturated rings. The Bertz CT molecular complexity index is 903. The molecule has 0 bridgehead atoms. The minimum atomic E-state index is -1.79. The van der Waals surface area contributed by atoms with Crippen LogP contribution in [-0.2, 0) is 15.1 Å². The third-order valence-corrected chi connectivity index (χ3v) is 5.45. The summed E-state index contributed by atoms with van der Waals surface area (Å²) in [5.41, 5.74) is -2.08. The summed E-state index contributed by atoms with van der Waals surface area (Å²) in [6.45, 7) is 2.53. The molecule has 1 aliphatic rings. The van der Waals surface area contributed by atoms with Crippen LogP contribution in [0, 0.1) is 11.6 Å². The molecule has 3 rings (SSSR count). The zero-order valence-corrected chi connectivity index (χ0v) is 15.4. The maximum Gasteiger partial charge on any atom is 0.325 e. The Balaban J connectivity index is 1.76. The van der Waals surface area contributed by atoms with Gasteiger partial charge in [0.05, 0.1) is 6.04 Å². The normalized spacial score (nSPS) is 20.5. The quantitative estimate of drug-likeness (QED) is 0.767. The van der Waals surface area contributed by atoms with Gasteiger partial charge in [-0.2, -0.15) is 0 Å². The molecule has 1 saturated heterocycles. The van der Waals surface area contributed by atoms with Gasteiger partial charge in [0.25, 0.3) is 5.91 Å². The molecule has 2 heterocycles. The highest BCUT2D eigenvalue weighted by Crippen LogP contribution is 2.31. The van der Waals surface area contributed by atoms with Crippen molar-refractivity contribution in [2.45, 2.75) is 25.4 Å². The zero-order valence-electron chi connectivity index (χ0n) is 14.6. The highest BCUT2D eigenvalue weighted by Gasteiger charge is 2.50. The van der Waals surface area contributed by atoms with E-state index in [9.17, 15) is 23.2 Å². The van der Waals surface area contributed by atoms with E-state index in [4.69, 9.17) is 0 Å². The van der Waals surface area contributed by atoms with E-state index in [0.29, 0.717) is 4.90 Å². The lowest BCUT2D eigenvalue weighted by molar-refractivity contribution is -0.135. The number of urea groups is 1. The number of hydrogen-bond acceptors (Lipinski definition) is 4. The molecular formula is C18H17F2N3O3S. The molecule has 2 N–H and O–H groups in total. The number of halogens is 2. The predicted molar refractivity (Wildman–Crippen MR) is 94.8 cm³/mol. The van der Waals surface area contributed by atoms with Crippen molar-refractivity contribution in [2.75, 3.05) is 6.54 Å². The van der Waals surface area contributed by atoms with Crippen LogP contribution in [0.5, 0.6) is 0 Å². The summed E-state index contributed by atoms with van der Waals surface area (Å²) in [6.07, 6.45) is 0. The van der Waals surface area contributed by atoms with E-state index in [1.165, 1.54) is 18.3 Å². The number of thiophene rings is 1. The number of amides is 4. The maximum atomic E-state index is 14.1. The number of hydrogen-bond donors (Lipinski definition) is 2. The highest BCUT2D eigenvalue weighted by atomic mass is 32.1. The van der Waals surface area contributed by atoms with Crippen LogP contribution in [0.25, 0.3) is 0 Å². The number of imide groups is 1. The molecule has 2 aromatic rings. The van der Waals surface area contributed by atoms with Crippen molar-refractivity contribution in [2.24, 2.45) is 0 Å². The Morgan fingerprint density at radius 1 is 1.33 bits per heavy atom. The number of nitrogens with one attached hydrogen (secondary N) is 2. The largest absolute Gasteiger partial charge is 0.347 e. The lowest BCUT2D eigenvalue weighted by atomic mass is 9.91. The van der Waals surface area contributed by atoms with Crippen molar-refractivity contribution >= 4 is 29.2 Å². The van der Waals surface area contributed by atoms with Gasteiger partial charge in [0, 0.05) is 10.4 Å². The van der Waals surface area contributed by atoms with E-state index in [1.54, 1.807) is 6.92 Å².